The Kier molecular flexibility index (Phi) is 3.33. The van der Waals surface area contributed by atoms with Crippen LogP contribution in [0.5, 0.6) is 0 Å². The number of rotatable bonds is 3. The highest BCUT2D eigenvalue weighted by Gasteiger charge is 2.22. The molecule has 2 heterocycles. The maximum Gasteiger partial charge on any atom is 0.277 e. The van der Waals surface area contributed by atoms with E-state index in [-0.39, 0.29) is 23.0 Å². The molecule has 2 aromatic rings. The van der Waals surface area contributed by atoms with E-state index in [1.807, 2.05) is 0 Å². The molecule has 0 spiro atoms. The minimum Gasteiger partial charge on any atom is -0.319 e. The number of anilines is 1. The smallest absolute Gasteiger partial charge is 0.277 e. The van der Waals surface area contributed by atoms with Gasteiger partial charge in [0.2, 0.25) is 0 Å². The summed E-state index contributed by atoms with van der Waals surface area (Å²) in [7, 11) is 0. The first-order valence-corrected chi connectivity index (χ1v) is 6.31. The van der Waals surface area contributed by atoms with E-state index in [1.54, 1.807) is 10.8 Å². The van der Waals surface area contributed by atoms with Crippen LogP contribution >= 0.6 is 0 Å². The molecule has 1 saturated heterocycles. The number of amides is 1. The fraction of sp³-hybridized carbons (Fsp3) is 0.231. The van der Waals surface area contributed by atoms with Crippen molar-refractivity contribution in [1.82, 2.24) is 20.3 Å². The molecule has 1 amide bonds. The lowest BCUT2D eigenvalue weighted by Crippen LogP contribution is -2.43. The summed E-state index contributed by atoms with van der Waals surface area (Å²) >= 11 is 0. The molecule has 1 aliphatic heterocycles. The zero-order valence-electron chi connectivity index (χ0n) is 10.9. The Labute approximate surface area is 119 Å². The van der Waals surface area contributed by atoms with Gasteiger partial charge >= 0.3 is 0 Å². The van der Waals surface area contributed by atoms with Crippen molar-refractivity contribution in [3.05, 3.63) is 41.5 Å². The van der Waals surface area contributed by atoms with Crippen LogP contribution in [0.15, 0.2) is 24.4 Å². The maximum absolute atomic E-state index is 13.5. The van der Waals surface area contributed by atoms with Crippen molar-refractivity contribution < 1.29 is 9.18 Å². The van der Waals surface area contributed by atoms with E-state index in [0.29, 0.717) is 0 Å². The topological polar surface area (TPSA) is 95.6 Å². The minimum atomic E-state index is -0.681. The van der Waals surface area contributed by atoms with Gasteiger partial charge in [-0.25, -0.2) is 9.07 Å². The summed E-state index contributed by atoms with van der Waals surface area (Å²) in [4.78, 5) is 12.1. The van der Waals surface area contributed by atoms with Crippen molar-refractivity contribution in [2.45, 2.75) is 6.04 Å². The zero-order chi connectivity index (χ0) is 14.8. The SMILES string of the molecule is N#Cc1c(F)cccc1NC(=O)c1cn(C2CNC2)nn1. The maximum atomic E-state index is 13.5. The van der Waals surface area contributed by atoms with Crippen LogP contribution in [0.25, 0.3) is 0 Å². The first-order chi connectivity index (χ1) is 10.2. The summed E-state index contributed by atoms with van der Waals surface area (Å²) in [5.41, 5.74) is 0.0267. The molecule has 1 aromatic heterocycles. The normalized spacial score (nSPS) is 14.3. The number of hydrogen-bond acceptors (Lipinski definition) is 5. The van der Waals surface area contributed by atoms with Gasteiger partial charge < -0.3 is 10.6 Å². The third-order valence-corrected chi connectivity index (χ3v) is 3.25. The first-order valence-electron chi connectivity index (χ1n) is 6.31. The monoisotopic (exact) mass is 286 g/mol. The van der Waals surface area contributed by atoms with Crippen LogP contribution in [0.1, 0.15) is 22.1 Å². The summed E-state index contributed by atoms with van der Waals surface area (Å²) in [5, 5.41) is 22.2. The largest absolute Gasteiger partial charge is 0.319 e. The Morgan fingerprint density at radius 1 is 1.52 bits per heavy atom. The van der Waals surface area contributed by atoms with Crippen LogP contribution in [0.4, 0.5) is 10.1 Å². The molecule has 8 heteroatoms. The van der Waals surface area contributed by atoms with Gasteiger partial charge in [0.05, 0.1) is 17.9 Å². The van der Waals surface area contributed by atoms with Gasteiger partial charge in [-0.05, 0) is 12.1 Å². The quantitative estimate of drug-likeness (QED) is 0.865. The molecular weight excluding hydrogens is 275 g/mol. The van der Waals surface area contributed by atoms with E-state index in [0.717, 1.165) is 19.2 Å². The van der Waals surface area contributed by atoms with Gasteiger partial charge in [0.25, 0.3) is 5.91 Å². The van der Waals surface area contributed by atoms with E-state index in [2.05, 4.69) is 20.9 Å². The number of carbonyl (C=O) groups is 1. The Morgan fingerprint density at radius 3 is 3.00 bits per heavy atom. The second-order valence-corrected chi connectivity index (χ2v) is 4.62. The molecule has 3 rings (SSSR count). The molecule has 0 aliphatic carbocycles. The molecule has 0 radical (unpaired) electrons. The number of aromatic nitrogens is 3. The summed E-state index contributed by atoms with van der Waals surface area (Å²) in [6.07, 6.45) is 1.53. The van der Waals surface area contributed by atoms with Crippen molar-refractivity contribution >= 4 is 11.6 Å². The highest BCUT2D eigenvalue weighted by Crippen LogP contribution is 2.18. The zero-order valence-corrected chi connectivity index (χ0v) is 10.9. The fourth-order valence-corrected chi connectivity index (χ4v) is 1.95. The van der Waals surface area contributed by atoms with Gasteiger partial charge in [-0.15, -0.1) is 5.10 Å². The highest BCUT2D eigenvalue weighted by atomic mass is 19.1. The van der Waals surface area contributed by atoms with Crippen LogP contribution in [-0.2, 0) is 0 Å². The van der Waals surface area contributed by atoms with Crippen LogP contribution in [-0.4, -0.2) is 34.0 Å². The number of hydrogen-bond donors (Lipinski definition) is 2. The van der Waals surface area contributed by atoms with Crippen LogP contribution in [0.2, 0.25) is 0 Å². The molecule has 106 valence electrons. The molecule has 2 N–H and O–H groups in total. The Bertz CT molecular complexity index is 731. The summed E-state index contributed by atoms with van der Waals surface area (Å²) in [6, 6.07) is 5.96. The Balaban J connectivity index is 1.79. The third-order valence-electron chi connectivity index (χ3n) is 3.25. The van der Waals surface area contributed by atoms with E-state index in [1.165, 1.54) is 18.3 Å². The van der Waals surface area contributed by atoms with Gasteiger partial charge in [0, 0.05) is 13.1 Å². The lowest BCUT2D eigenvalue weighted by molar-refractivity contribution is 0.102. The van der Waals surface area contributed by atoms with Crippen LogP contribution in [0.3, 0.4) is 0 Å². The molecule has 7 nitrogen and oxygen atoms in total. The van der Waals surface area contributed by atoms with Crippen molar-refractivity contribution in [2.24, 2.45) is 0 Å². The van der Waals surface area contributed by atoms with Crippen molar-refractivity contribution in [1.29, 1.82) is 5.26 Å². The molecule has 1 aromatic carbocycles. The van der Waals surface area contributed by atoms with E-state index in [9.17, 15) is 9.18 Å². The Morgan fingerprint density at radius 2 is 2.33 bits per heavy atom. The van der Waals surface area contributed by atoms with Crippen molar-refractivity contribution in [3.8, 4) is 6.07 Å². The first kappa shape index (κ1) is 13.2. The molecule has 0 bridgehead atoms. The number of halogens is 1. The highest BCUT2D eigenvalue weighted by molar-refractivity contribution is 6.03. The summed E-state index contributed by atoms with van der Waals surface area (Å²) < 4.78 is 15.1. The third kappa shape index (κ3) is 2.46. The van der Waals surface area contributed by atoms with Gasteiger partial charge in [-0.3, -0.25) is 4.79 Å². The van der Waals surface area contributed by atoms with Gasteiger partial charge in [0.15, 0.2) is 5.69 Å². The lowest BCUT2D eigenvalue weighted by atomic mass is 10.2. The standard InChI is InChI=1S/C13H11FN6O/c14-10-2-1-3-11(9(10)4-15)17-13(21)12-7-20(19-18-12)8-5-16-6-8/h1-3,7-8,16H,5-6H2,(H,17,21). The minimum absolute atomic E-state index is 0.113. The average Bonchev–Trinajstić information content (AvgIpc) is 2.86. The molecule has 0 saturated carbocycles. The van der Waals surface area contributed by atoms with Crippen LogP contribution < -0.4 is 10.6 Å². The van der Waals surface area contributed by atoms with Gasteiger partial charge in [-0.1, -0.05) is 11.3 Å². The predicted molar refractivity (Wildman–Crippen MR) is 71.0 cm³/mol. The van der Waals surface area contributed by atoms with E-state index >= 15 is 0 Å². The molecular formula is C13H11FN6O. The lowest BCUT2D eigenvalue weighted by Gasteiger charge is -2.26. The molecule has 1 aliphatic rings. The van der Waals surface area contributed by atoms with Crippen LogP contribution in [0, 0.1) is 17.1 Å². The van der Waals surface area contributed by atoms with Gasteiger partial charge in [-0.2, -0.15) is 5.26 Å². The number of carbonyl (C=O) groups excluding carboxylic acids is 1. The van der Waals surface area contributed by atoms with Gasteiger partial charge in [0.1, 0.15) is 17.4 Å². The second kappa shape index (κ2) is 5.30. The van der Waals surface area contributed by atoms with E-state index < -0.39 is 11.7 Å². The van der Waals surface area contributed by atoms with Crippen molar-refractivity contribution in [3.63, 3.8) is 0 Å². The fourth-order valence-electron chi connectivity index (χ4n) is 1.95. The second-order valence-electron chi connectivity index (χ2n) is 4.62. The van der Waals surface area contributed by atoms with Crippen molar-refractivity contribution in [2.75, 3.05) is 18.4 Å². The number of nitrogens with zero attached hydrogens (tertiary/aromatic N) is 4. The summed E-state index contributed by atoms with van der Waals surface area (Å²) in [6.45, 7) is 1.57. The molecule has 21 heavy (non-hydrogen) atoms. The number of nitrogens with one attached hydrogen (secondary N) is 2. The average molecular weight is 286 g/mol. The molecule has 1 fully saturated rings. The van der Waals surface area contributed by atoms with E-state index in [4.69, 9.17) is 5.26 Å². The Hall–Kier alpha value is -2.79. The number of nitriles is 1. The summed E-state index contributed by atoms with van der Waals surface area (Å²) in [5.74, 6) is -1.21. The predicted octanol–water partition coefficient (Wildman–Crippen LogP) is 0.685. The molecule has 0 atom stereocenters. The number of benzene rings is 1. The molecule has 0 unspecified atom stereocenters.